The van der Waals surface area contributed by atoms with E-state index in [1.54, 1.807) is 6.92 Å². The van der Waals surface area contributed by atoms with Crippen LogP contribution in [-0.2, 0) is 4.79 Å². The van der Waals surface area contributed by atoms with E-state index >= 15 is 0 Å². The highest BCUT2D eigenvalue weighted by Gasteiger charge is 2.23. The number of nitrogens with zero attached hydrogens (tertiary/aromatic N) is 4. The van der Waals surface area contributed by atoms with Crippen LogP contribution >= 0.6 is 24.0 Å². The minimum Gasteiger partial charge on any atom is -0.357 e. The van der Waals surface area contributed by atoms with Crippen molar-refractivity contribution in [1.29, 1.82) is 0 Å². The molecule has 0 aliphatic carbocycles. The number of amides is 1. The van der Waals surface area contributed by atoms with Crippen molar-refractivity contribution in [2.45, 2.75) is 33.6 Å². The van der Waals surface area contributed by atoms with E-state index in [4.69, 9.17) is 4.99 Å². The van der Waals surface area contributed by atoms with E-state index in [1.807, 2.05) is 4.90 Å². The van der Waals surface area contributed by atoms with Crippen LogP contribution in [0.1, 0.15) is 33.6 Å². The maximum Gasteiger partial charge on any atom is 0.219 e. The van der Waals surface area contributed by atoms with Gasteiger partial charge in [-0.3, -0.25) is 9.79 Å². The lowest BCUT2D eigenvalue weighted by molar-refractivity contribution is -0.130. The second-order valence-electron chi connectivity index (χ2n) is 6.64. The number of likely N-dealkylation sites (tertiary alicyclic amines) is 1. The summed E-state index contributed by atoms with van der Waals surface area (Å²) in [7, 11) is 0. The fourth-order valence-electron chi connectivity index (χ4n) is 3.46. The Hall–Kier alpha value is -0.570. The Balaban J connectivity index is 0.00000288. The summed E-state index contributed by atoms with van der Waals surface area (Å²) in [5, 5.41) is 3.42. The minimum atomic E-state index is 0. The number of piperazine rings is 1. The molecule has 0 aromatic rings. The molecule has 140 valence electrons. The lowest BCUT2D eigenvalue weighted by Crippen LogP contribution is -2.53. The van der Waals surface area contributed by atoms with Gasteiger partial charge in [0.15, 0.2) is 5.96 Å². The van der Waals surface area contributed by atoms with Crippen molar-refractivity contribution in [3.8, 4) is 0 Å². The van der Waals surface area contributed by atoms with Crippen LogP contribution in [0, 0.1) is 5.92 Å². The zero-order chi connectivity index (χ0) is 16.7. The van der Waals surface area contributed by atoms with Gasteiger partial charge in [-0.05, 0) is 38.8 Å². The van der Waals surface area contributed by atoms with Crippen molar-refractivity contribution in [3.05, 3.63) is 0 Å². The average Bonchev–Trinajstić information content (AvgIpc) is 2.99. The minimum absolute atomic E-state index is 0. The first-order chi connectivity index (χ1) is 11.1. The first kappa shape index (κ1) is 21.5. The van der Waals surface area contributed by atoms with Gasteiger partial charge in [0.1, 0.15) is 0 Å². The van der Waals surface area contributed by atoms with Crippen LogP contribution in [0.3, 0.4) is 0 Å². The lowest BCUT2D eigenvalue weighted by Gasteiger charge is -2.36. The predicted octanol–water partition coefficient (Wildman–Crippen LogP) is 1.47. The highest BCUT2D eigenvalue weighted by Crippen LogP contribution is 2.16. The van der Waals surface area contributed by atoms with Gasteiger partial charge in [-0.25, -0.2) is 0 Å². The fourth-order valence-corrected chi connectivity index (χ4v) is 3.46. The molecule has 2 aliphatic heterocycles. The quantitative estimate of drug-likeness (QED) is 0.391. The molecule has 0 bridgehead atoms. The molecule has 7 heteroatoms. The van der Waals surface area contributed by atoms with E-state index in [9.17, 15) is 4.79 Å². The number of hydrogen-bond acceptors (Lipinski definition) is 3. The van der Waals surface area contributed by atoms with Crippen LogP contribution in [0.15, 0.2) is 4.99 Å². The topological polar surface area (TPSA) is 51.2 Å². The standard InChI is InChI=1S/C17H33N5O.HI/c1-4-7-20-8-6-16(14-20)13-19-17(18-5-2)22-11-9-21(10-12-22)15(3)23;/h16H,4-14H2,1-3H3,(H,18,19);1H. The van der Waals surface area contributed by atoms with E-state index in [0.29, 0.717) is 5.92 Å². The number of guanidine groups is 1. The molecule has 2 rings (SSSR count). The molecule has 2 heterocycles. The Morgan fingerprint density at radius 2 is 1.79 bits per heavy atom. The molecule has 0 radical (unpaired) electrons. The molecule has 0 saturated carbocycles. The number of aliphatic imine (C=N–C) groups is 1. The van der Waals surface area contributed by atoms with Crippen LogP contribution in [0.5, 0.6) is 0 Å². The third-order valence-corrected chi connectivity index (χ3v) is 4.77. The molecule has 2 saturated heterocycles. The summed E-state index contributed by atoms with van der Waals surface area (Å²) in [5.41, 5.74) is 0. The van der Waals surface area contributed by atoms with Gasteiger partial charge in [0.05, 0.1) is 0 Å². The smallest absolute Gasteiger partial charge is 0.219 e. The highest BCUT2D eigenvalue weighted by atomic mass is 127. The van der Waals surface area contributed by atoms with Gasteiger partial charge in [-0.1, -0.05) is 6.92 Å². The van der Waals surface area contributed by atoms with Crippen molar-refractivity contribution in [3.63, 3.8) is 0 Å². The second kappa shape index (κ2) is 11.1. The molecule has 0 aromatic carbocycles. The SMILES string of the molecule is CCCN1CCC(CN=C(NCC)N2CCN(C(C)=O)CC2)C1.I. The monoisotopic (exact) mass is 451 g/mol. The molecule has 1 atom stereocenters. The maximum absolute atomic E-state index is 11.4. The van der Waals surface area contributed by atoms with Crippen LogP contribution in [-0.4, -0.2) is 85.5 Å². The Morgan fingerprint density at radius 3 is 2.38 bits per heavy atom. The van der Waals surface area contributed by atoms with E-state index in [-0.39, 0.29) is 29.9 Å². The zero-order valence-electron chi connectivity index (χ0n) is 15.5. The molecule has 1 N–H and O–H groups in total. The highest BCUT2D eigenvalue weighted by molar-refractivity contribution is 14.0. The van der Waals surface area contributed by atoms with E-state index in [2.05, 4.69) is 29.0 Å². The zero-order valence-corrected chi connectivity index (χ0v) is 17.8. The van der Waals surface area contributed by atoms with Crippen molar-refractivity contribution < 1.29 is 4.79 Å². The fraction of sp³-hybridized carbons (Fsp3) is 0.882. The van der Waals surface area contributed by atoms with Crippen LogP contribution in [0.25, 0.3) is 0 Å². The normalized spacial score (nSPS) is 22.5. The Morgan fingerprint density at radius 1 is 1.12 bits per heavy atom. The van der Waals surface area contributed by atoms with Gasteiger partial charge in [0, 0.05) is 52.7 Å². The number of carbonyl (C=O) groups is 1. The van der Waals surface area contributed by atoms with Crippen molar-refractivity contribution in [1.82, 2.24) is 20.0 Å². The van der Waals surface area contributed by atoms with Gasteiger partial charge in [0.25, 0.3) is 0 Å². The molecule has 2 aliphatic rings. The molecule has 0 aromatic heterocycles. The van der Waals surface area contributed by atoms with Crippen LogP contribution in [0.4, 0.5) is 0 Å². The van der Waals surface area contributed by atoms with Crippen LogP contribution < -0.4 is 5.32 Å². The number of rotatable bonds is 5. The number of halogens is 1. The average molecular weight is 451 g/mol. The van der Waals surface area contributed by atoms with Gasteiger partial charge in [-0.15, -0.1) is 24.0 Å². The van der Waals surface area contributed by atoms with Crippen molar-refractivity contribution in [2.24, 2.45) is 10.9 Å². The molecule has 1 unspecified atom stereocenters. The number of hydrogen-bond donors (Lipinski definition) is 1. The van der Waals surface area contributed by atoms with Gasteiger partial charge in [-0.2, -0.15) is 0 Å². The molecule has 0 spiro atoms. The van der Waals surface area contributed by atoms with E-state index in [1.165, 1.54) is 32.5 Å². The molecule has 2 fully saturated rings. The van der Waals surface area contributed by atoms with Crippen LogP contribution in [0.2, 0.25) is 0 Å². The molecule has 1 amide bonds. The summed E-state index contributed by atoms with van der Waals surface area (Å²) < 4.78 is 0. The summed E-state index contributed by atoms with van der Waals surface area (Å²) in [5.74, 6) is 1.88. The molecular formula is C17H34IN5O. The van der Waals surface area contributed by atoms with Crippen molar-refractivity contribution >= 4 is 35.8 Å². The summed E-state index contributed by atoms with van der Waals surface area (Å²) >= 11 is 0. The van der Waals surface area contributed by atoms with Gasteiger partial charge >= 0.3 is 0 Å². The van der Waals surface area contributed by atoms with E-state index < -0.39 is 0 Å². The molecule has 24 heavy (non-hydrogen) atoms. The predicted molar refractivity (Wildman–Crippen MR) is 110 cm³/mol. The third-order valence-electron chi connectivity index (χ3n) is 4.77. The van der Waals surface area contributed by atoms with E-state index in [0.717, 1.165) is 45.2 Å². The lowest BCUT2D eigenvalue weighted by atomic mass is 10.1. The first-order valence-electron chi connectivity index (χ1n) is 9.15. The Kier molecular flexibility index (Phi) is 9.95. The first-order valence-corrected chi connectivity index (χ1v) is 9.15. The summed E-state index contributed by atoms with van der Waals surface area (Å²) in [6, 6.07) is 0. The molecular weight excluding hydrogens is 417 g/mol. The maximum atomic E-state index is 11.4. The van der Waals surface area contributed by atoms with Crippen molar-refractivity contribution in [2.75, 3.05) is 58.9 Å². The summed E-state index contributed by atoms with van der Waals surface area (Å²) in [6.07, 6.45) is 2.50. The van der Waals surface area contributed by atoms with Gasteiger partial charge in [0.2, 0.25) is 5.91 Å². The largest absolute Gasteiger partial charge is 0.357 e. The third kappa shape index (κ3) is 6.38. The number of nitrogens with one attached hydrogen (secondary N) is 1. The number of carbonyl (C=O) groups excluding carboxylic acids is 1. The molecule has 6 nitrogen and oxygen atoms in total. The Labute approximate surface area is 164 Å². The Bertz CT molecular complexity index is 410. The summed E-state index contributed by atoms with van der Waals surface area (Å²) in [4.78, 5) is 23.1. The summed E-state index contributed by atoms with van der Waals surface area (Å²) in [6.45, 7) is 14.8. The second-order valence-corrected chi connectivity index (χ2v) is 6.64. The van der Waals surface area contributed by atoms with Gasteiger partial charge < -0.3 is 20.0 Å².